The first-order valence-electron chi connectivity index (χ1n) is 10.3. The third-order valence-corrected chi connectivity index (χ3v) is 5.07. The molecule has 1 unspecified atom stereocenters. The van der Waals surface area contributed by atoms with Crippen LogP contribution in [0.2, 0.25) is 0 Å². The van der Waals surface area contributed by atoms with E-state index in [1.54, 1.807) is 6.20 Å². The second-order valence-electron chi connectivity index (χ2n) is 7.90. The van der Waals surface area contributed by atoms with Crippen LogP contribution >= 0.6 is 0 Å². The van der Waals surface area contributed by atoms with E-state index in [0.717, 1.165) is 37.3 Å². The minimum Gasteiger partial charge on any atom is -0.493 e. The molecular formula is C25H27F3N2O. The minimum atomic E-state index is -4.34. The zero-order valence-corrected chi connectivity index (χ0v) is 17.8. The molecule has 0 aliphatic carbocycles. The summed E-state index contributed by atoms with van der Waals surface area (Å²) in [6.07, 6.45) is -0.710. The van der Waals surface area contributed by atoms with Crippen LogP contribution in [0, 0.1) is 12.8 Å². The Balaban J connectivity index is 1.62. The summed E-state index contributed by atoms with van der Waals surface area (Å²) in [5, 5.41) is 0. The van der Waals surface area contributed by atoms with Crippen molar-refractivity contribution in [2.75, 3.05) is 13.2 Å². The number of rotatable bonds is 9. The number of pyridine rings is 1. The number of aromatic nitrogens is 1. The van der Waals surface area contributed by atoms with Crippen LogP contribution < -0.4 is 4.74 Å². The van der Waals surface area contributed by atoms with Gasteiger partial charge in [-0.15, -0.1) is 0 Å². The molecule has 0 N–H and O–H groups in total. The van der Waals surface area contributed by atoms with Gasteiger partial charge in [0, 0.05) is 37.9 Å². The Morgan fingerprint density at radius 2 is 1.71 bits per heavy atom. The Morgan fingerprint density at radius 1 is 0.968 bits per heavy atom. The van der Waals surface area contributed by atoms with Crippen molar-refractivity contribution in [3.8, 4) is 5.75 Å². The maximum Gasteiger partial charge on any atom is 0.416 e. The fraction of sp³-hybridized carbons (Fsp3) is 0.320. The molecule has 6 heteroatoms. The van der Waals surface area contributed by atoms with Crippen LogP contribution in [0.3, 0.4) is 0 Å². The second-order valence-corrected chi connectivity index (χ2v) is 7.90. The second kappa shape index (κ2) is 10.4. The summed E-state index contributed by atoms with van der Waals surface area (Å²) < 4.78 is 43.9. The van der Waals surface area contributed by atoms with Crippen LogP contribution in [-0.4, -0.2) is 23.0 Å². The number of benzene rings is 2. The first-order chi connectivity index (χ1) is 14.8. The number of hydrogen-bond donors (Lipinski definition) is 0. The van der Waals surface area contributed by atoms with Crippen molar-refractivity contribution in [3.05, 3.63) is 95.3 Å². The van der Waals surface area contributed by atoms with E-state index in [0.29, 0.717) is 12.4 Å². The number of hydrogen-bond acceptors (Lipinski definition) is 3. The van der Waals surface area contributed by atoms with Gasteiger partial charge in [-0.25, -0.2) is 0 Å². The molecule has 0 aliphatic rings. The quantitative estimate of drug-likeness (QED) is 0.410. The van der Waals surface area contributed by atoms with Crippen molar-refractivity contribution < 1.29 is 17.9 Å². The largest absolute Gasteiger partial charge is 0.493 e. The minimum absolute atomic E-state index is 0.183. The molecule has 2 aromatic carbocycles. The predicted molar refractivity (Wildman–Crippen MR) is 116 cm³/mol. The van der Waals surface area contributed by atoms with E-state index < -0.39 is 11.7 Å². The number of ether oxygens (including phenoxy) is 1. The van der Waals surface area contributed by atoms with Gasteiger partial charge in [0.05, 0.1) is 12.2 Å². The van der Waals surface area contributed by atoms with E-state index in [-0.39, 0.29) is 5.92 Å². The lowest BCUT2D eigenvalue weighted by Crippen LogP contribution is -2.30. The lowest BCUT2D eigenvalue weighted by Gasteiger charge is -2.26. The van der Waals surface area contributed by atoms with E-state index in [1.165, 1.54) is 23.3 Å². The maximum absolute atomic E-state index is 12.7. The van der Waals surface area contributed by atoms with Crippen LogP contribution in [0.1, 0.15) is 29.2 Å². The van der Waals surface area contributed by atoms with E-state index in [4.69, 9.17) is 4.74 Å². The van der Waals surface area contributed by atoms with Gasteiger partial charge in [-0.05, 0) is 53.9 Å². The van der Waals surface area contributed by atoms with E-state index >= 15 is 0 Å². The van der Waals surface area contributed by atoms with Gasteiger partial charge < -0.3 is 4.74 Å². The topological polar surface area (TPSA) is 25.4 Å². The number of aryl methyl sites for hydroxylation is 1. The third kappa shape index (κ3) is 7.10. The van der Waals surface area contributed by atoms with Crippen molar-refractivity contribution in [1.29, 1.82) is 0 Å². The highest BCUT2D eigenvalue weighted by molar-refractivity contribution is 5.29. The summed E-state index contributed by atoms with van der Waals surface area (Å²) in [4.78, 5) is 6.56. The SMILES string of the molecule is Cc1ccccc1CN(Cc1cccnc1)CC(C)COc1ccc(C(F)(F)F)cc1. The van der Waals surface area contributed by atoms with Gasteiger partial charge in [0.25, 0.3) is 0 Å². The highest BCUT2D eigenvalue weighted by Crippen LogP contribution is 2.30. The Kier molecular flexibility index (Phi) is 7.69. The van der Waals surface area contributed by atoms with Gasteiger partial charge in [-0.3, -0.25) is 9.88 Å². The molecule has 0 amide bonds. The Bertz CT molecular complexity index is 943. The van der Waals surface area contributed by atoms with E-state index in [2.05, 4.69) is 41.9 Å². The van der Waals surface area contributed by atoms with Gasteiger partial charge >= 0.3 is 6.18 Å². The molecule has 0 saturated carbocycles. The first-order valence-corrected chi connectivity index (χ1v) is 10.3. The van der Waals surface area contributed by atoms with E-state index in [9.17, 15) is 13.2 Å². The predicted octanol–water partition coefficient (Wildman–Crippen LogP) is 6.13. The summed E-state index contributed by atoms with van der Waals surface area (Å²) in [5.41, 5.74) is 2.97. The van der Waals surface area contributed by atoms with Gasteiger partial charge in [-0.2, -0.15) is 13.2 Å². The van der Waals surface area contributed by atoms with Crippen molar-refractivity contribution in [3.63, 3.8) is 0 Å². The summed E-state index contributed by atoms with van der Waals surface area (Å²) in [7, 11) is 0. The summed E-state index contributed by atoms with van der Waals surface area (Å²) in [5.74, 6) is 0.626. The molecule has 0 saturated heterocycles. The summed E-state index contributed by atoms with van der Waals surface area (Å²) >= 11 is 0. The lowest BCUT2D eigenvalue weighted by atomic mass is 10.1. The van der Waals surface area contributed by atoms with Crippen LogP contribution in [0.4, 0.5) is 13.2 Å². The van der Waals surface area contributed by atoms with Crippen molar-refractivity contribution in [2.45, 2.75) is 33.1 Å². The molecule has 1 aromatic heterocycles. The normalized spacial score (nSPS) is 12.7. The number of halogens is 3. The molecule has 3 rings (SSSR count). The standard InChI is InChI=1S/C25H27F3N2O/c1-19(18-31-24-11-9-23(10-12-24)25(26,27)28)15-30(16-21-7-5-13-29-14-21)17-22-8-4-3-6-20(22)2/h3-14,19H,15-18H2,1-2H3. The molecule has 0 fully saturated rings. The first kappa shape index (κ1) is 22.8. The van der Waals surface area contributed by atoms with Crippen LogP contribution in [0.25, 0.3) is 0 Å². The monoisotopic (exact) mass is 428 g/mol. The summed E-state index contributed by atoms with van der Waals surface area (Å²) in [6, 6.07) is 17.1. The van der Waals surface area contributed by atoms with Crippen LogP contribution in [0.5, 0.6) is 5.75 Å². The lowest BCUT2D eigenvalue weighted by molar-refractivity contribution is -0.137. The highest BCUT2D eigenvalue weighted by atomic mass is 19.4. The Hall–Kier alpha value is -2.86. The molecule has 0 radical (unpaired) electrons. The molecule has 0 aliphatic heterocycles. The van der Waals surface area contributed by atoms with Crippen LogP contribution in [0.15, 0.2) is 73.1 Å². The average molecular weight is 428 g/mol. The molecule has 3 nitrogen and oxygen atoms in total. The zero-order chi connectivity index (χ0) is 22.3. The molecule has 0 bridgehead atoms. The molecule has 1 heterocycles. The Morgan fingerprint density at radius 3 is 2.35 bits per heavy atom. The summed E-state index contributed by atoms with van der Waals surface area (Å²) in [6.45, 7) is 6.94. The number of nitrogens with zero attached hydrogens (tertiary/aromatic N) is 2. The fourth-order valence-electron chi connectivity index (χ4n) is 3.44. The van der Waals surface area contributed by atoms with E-state index in [1.807, 2.05) is 24.4 Å². The molecule has 3 aromatic rings. The Labute approximate surface area is 181 Å². The molecular weight excluding hydrogens is 401 g/mol. The van der Waals surface area contributed by atoms with Gasteiger partial charge in [0.15, 0.2) is 0 Å². The van der Waals surface area contributed by atoms with Gasteiger partial charge in [-0.1, -0.05) is 37.3 Å². The van der Waals surface area contributed by atoms with Gasteiger partial charge in [0.1, 0.15) is 5.75 Å². The fourth-order valence-corrected chi connectivity index (χ4v) is 3.44. The smallest absolute Gasteiger partial charge is 0.416 e. The van der Waals surface area contributed by atoms with Crippen molar-refractivity contribution in [2.24, 2.45) is 5.92 Å². The molecule has 164 valence electrons. The number of alkyl halides is 3. The molecule has 1 atom stereocenters. The zero-order valence-electron chi connectivity index (χ0n) is 17.8. The average Bonchev–Trinajstić information content (AvgIpc) is 2.74. The third-order valence-electron chi connectivity index (χ3n) is 5.07. The van der Waals surface area contributed by atoms with Crippen molar-refractivity contribution >= 4 is 0 Å². The maximum atomic E-state index is 12.7. The highest BCUT2D eigenvalue weighted by Gasteiger charge is 2.30. The van der Waals surface area contributed by atoms with Crippen molar-refractivity contribution in [1.82, 2.24) is 9.88 Å². The molecule has 0 spiro atoms. The van der Waals surface area contributed by atoms with Gasteiger partial charge in [0.2, 0.25) is 0 Å². The molecule has 31 heavy (non-hydrogen) atoms. The van der Waals surface area contributed by atoms with Crippen LogP contribution in [-0.2, 0) is 19.3 Å².